The second kappa shape index (κ2) is 9.49. The SMILES string of the molecule is CC(Br)C(=O)C(=N)c1ccc(N(C)C(=O)c2ccc(C3CCCCC3)cc2)cc1. The number of ketones is 1. The van der Waals surface area contributed by atoms with Gasteiger partial charge in [0.25, 0.3) is 5.91 Å². The van der Waals surface area contributed by atoms with E-state index in [1.807, 2.05) is 12.1 Å². The minimum absolute atomic E-state index is 0.0341. The third kappa shape index (κ3) is 5.02. The van der Waals surface area contributed by atoms with E-state index in [1.54, 1.807) is 43.1 Å². The van der Waals surface area contributed by atoms with Gasteiger partial charge in [0.05, 0.1) is 4.83 Å². The van der Waals surface area contributed by atoms with Crippen LogP contribution in [0.5, 0.6) is 0 Å². The smallest absolute Gasteiger partial charge is 0.258 e. The summed E-state index contributed by atoms with van der Waals surface area (Å²) in [7, 11) is 1.74. The van der Waals surface area contributed by atoms with Gasteiger partial charge in [-0.3, -0.25) is 15.0 Å². The van der Waals surface area contributed by atoms with Gasteiger partial charge in [0, 0.05) is 23.9 Å². The molecule has 5 heteroatoms. The maximum atomic E-state index is 12.9. The molecular weight excluding hydrogens is 428 g/mol. The van der Waals surface area contributed by atoms with Crippen LogP contribution >= 0.6 is 15.9 Å². The van der Waals surface area contributed by atoms with E-state index in [1.165, 1.54) is 37.7 Å². The van der Waals surface area contributed by atoms with Gasteiger partial charge in [-0.1, -0.05) is 59.5 Å². The molecule has 1 aliphatic carbocycles. The van der Waals surface area contributed by atoms with Crippen molar-refractivity contribution in [2.45, 2.75) is 49.8 Å². The minimum Gasteiger partial charge on any atom is -0.311 e. The first-order chi connectivity index (χ1) is 13.9. The Labute approximate surface area is 180 Å². The highest BCUT2D eigenvalue weighted by molar-refractivity contribution is 9.10. The molecule has 29 heavy (non-hydrogen) atoms. The zero-order chi connectivity index (χ0) is 21.0. The number of Topliss-reactive ketones (excluding diaryl/α,β-unsaturated/α-hetero) is 1. The number of carbonyl (C=O) groups is 2. The number of nitrogens with one attached hydrogen (secondary N) is 1. The first-order valence-electron chi connectivity index (χ1n) is 10.1. The zero-order valence-corrected chi connectivity index (χ0v) is 18.5. The van der Waals surface area contributed by atoms with Crippen molar-refractivity contribution >= 4 is 39.0 Å². The number of rotatable bonds is 6. The van der Waals surface area contributed by atoms with Crippen molar-refractivity contribution in [1.82, 2.24) is 0 Å². The van der Waals surface area contributed by atoms with E-state index in [0.717, 1.165) is 5.69 Å². The fourth-order valence-corrected chi connectivity index (χ4v) is 4.07. The fourth-order valence-electron chi connectivity index (χ4n) is 3.84. The maximum Gasteiger partial charge on any atom is 0.258 e. The van der Waals surface area contributed by atoms with Crippen molar-refractivity contribution in [3.8, 4) is 0 Å². The van der Waals surface area contributed by atoms with Gasteiger partial charge in [0.15, 0.2) is 5.78 Å². The average molecular weight is 455 g/mol. The Kier molecular flexibility index (Phi) is 7.01. The first kappa shape index (κ1) is 21.4. The normalized spacial score (nSPS) is 15.6. The highest BCUT2D eigenvalue weighted by Gasteiger charge is 2.19. The summed E-state index contributed by atoms with van der Waals surface area (Å²) in [6.45, 7) is 1.71. The van der Waals surface area contributed by atoms with Crippen molar-refractivity contribution in [2.75, 3.05) is 11.9 Å². The minimum atomic E-state index is -0.393. The van der Waals surface area contributed by atoms with Crippen LogP contribution in [0.1, 0.15) is 66.4 Å². The number of amides is 1. The van der Waals surface area contributed by atoms with Gasteiger partial charge < -0.3 is 4.90 Å². The van der Waals surface area contributed by atoms with Crippen LogP contribution in [0.4, 0.5) is 5.69 Å². The molecule has 152 valence electrons. The average Bonchev–Trinajstić information content (AvgIpc) is 2.77. The molecule has 0 heterocycles. The summed E-state index contributed by atoms with van der Waals surface area (Å²) in [5.41, 5.74) is 3.22. The maximum absolute atomic E-state index is 12.9. The monoisotopic (exact) mass is 454 g/mol. The summed E-state index contributed by atoms with van der Waals surface area (Å²) in [4.78, 5) is 26.0. The molecular formula is C24H27BrN2O2. The Bertz CT molecular complexity index is 882. The van der Waals surface area contributed by atoms with Crippen LogP contribution in [0, 0.1) is 5.41 Å². The van der Waals surface area contributed by atoms with Crippen LogP contribution in [0.2, 0.25) is 0 Å². The van der Waals surface area contributed by atoms with Crippen LogP contribution < -0.4 is 4.90 Å². The molecule has 0 saturated heterocycles. The summed E-state index contributed by atoms with van der Waals surface area (Å²) in [5.74, 6) is 0.284. The summed E-state index contributed by atoms with van der Waals surface area (Å²) < 4.78 is 0. The van der Waals surface area contributed by atoms with E-state index < -0.39 is 4.83 Å². The van der Waals surface area contributed by atoms with Crippen molar-refractivity contribution in [1.29, 1.82) is 5.41 Å². The van der Waals surface area contributed by atoms with Crippen molar-refractivity contribution in [2.24, 2.45) is 0 Å². The summed E-state index contributed by atoms with van der Waals surface area (Å²) in [6, 6.07) is 15.0. The fraction of sp³-hybridized carbons (Fsp3) is 0.375. The molecule has 1 N–H and O–H groups in total. The Morgan fingerprint density at radius 3 is 2.07 bits per heavy atom. The summed E-state index contributed by atoms with van der Waals surface area (Å²) in [5, 5.41) is 8.01. The van der Waals surface area contributed by atoms with Crippen LogP contribution in [0.15, 0.2) is 48.5 Å². The number of halogens is 1. The van der Waals surface area contributed by atoms with Gasteiger partial charge in [-0.25, -0.2) is 0 Å². The van der Waals surface area contributed by atoms with E-state index in [9.17, 15) is 9.59 Å². The lowest BCUT2D eigenvalue weighted by Crippen LogP contribution is -2.26. The van der Waals surface area contributed by atoms with Crippen LogP contribution in [-0.2, 0) is 4.79 Å². The molecule has 1 atom stereocenters. The molecule has 3 rings (SSSR count). The van der Waals surface area contributed by atoms with Crippen LogP contribution in [-0.4, -0.2) is 29.3 Å². The van der Waals surface area contributed by atoms with Crippen molar-refractivity contribution in [3.63, 3.8) is 0 Å². The predicted molar refractivity (Wildman–Crippen MR) is 122 cm³/mol. The number of hydrogen-bond donors (Lipinski definition) is 1. The van der Waals surface area contributed by atoms with E-state index in [0.29, 0.717) is 17.0 Å². The van der Waals surface area contributed by atoms with E-state index in [4.69, 9.17) is 5.41 Å². The van der Waals surface area contributed by atoms with Crippen molar-refractivity contribution in [3.05, 3.63) is 65.2 Å². The lowest BCUT2D eigenvalue weighted by Gasteiger charge is -2.22. The number of benzene rings is 2. The molecule has 1 aliphatic rings. The number of nitrogens with zero attached hydrogens (tertiary/aromatic N) is 1. The first-order valence-corrected chi connectivity index (χ1v) is 11.1. The second-order valence-corrected chi connectivity index (χ2v) is 9.10. The van der Waals surface area contributed by atoms with E-state index >= 15 is 0 Å². The summed E-state index contributed by atoms with van der Waals surface area (Å²) in [6.07, 6.45) is 6.40. The third-order valence-corrected chi connectivity index (χ3v) is 6.11. The van der Waals surface area contributed by atoms with Crippen molar-refractivity contribution < 1.29 is 9.59 Å². The van der Waals surface area contributed by atoms with Gasteiger partial charge in [-0.2, -0.15) is 0 Å². The molecule has 0 bridgehead atoms. The van der Waals surface area contributed by atoms with Crippen LogP contribution in [0.25, 0.3) is 0 Å². The van der Waals surface area contributed by atoms with Gasteiger partial charge in [-0.05, 0) is 55.5 Å². The molecule has 2 aromatic carbocycles. The number of hydrogen-bond acceptors (Lipinski definition) is 3. The summed E-state index contributed by atoms with van der Waals surface area (Å²) >= 11 is 3.21. The molecule has 1 saturated carbocycles. The molecule has 2 aromatic rings. The quantitative estimate of drug-likeness (QED) is 0.447. The molecule has 0 spiro atoms. The standard InChI is InChI=1S/C24H27BrN2O2/c1-16(25)23(28)22(26)19-12-14-21(15-13-19)27(2)24(29)20-10-8-18(9-11-20)17-6-4-3-5-7-17/h8-17,26H,3-7H2,1-2H3. The third-order valence-electron chi connectivity index (χ3n) is 5.69. The Morgan fingerprint density at radius 2 is 1.52 bits per heavy atom. The number of anilines is 1. The lowest BCUT2D eigenvalue weighted by atomic mass is 9.84. The second-order valence-electron chi connectivity index (χ2n) is 7.72. The molecule has 1 unspecified atom stereocenters. The lowest BCUT2D eigenvalue weighted by molar-refractivity contribution is -0.112. The predicted octanol–water partition coefficient (Wildman–Crippen LogP) is 5.73. The highest BCUT2D eigenvalue weighted by atomic mass is 79.9. The number of alkyl halides is 1. The molecule has 1 fully saturated rings. The van der Waals surface area contributed by atoms with Gasteiger partial charge in [0.2, 0.25) is 0 Å². The van der Waals surface area contributed by atoms with Crippen LogP contribution in [0.3, 0.4) is 0 Å². The van der Waals surface area contributed by atoms with Gasteiger partial charge >= 0.3 is 0 Å². The largest absolute Gasteiger partial charge is 0.311 e. The van der Waals surface area contributed by atoms with Gasteiger partial charge in [-0.15, -0.1) is 0 Å². The molecule has 1 amide bonds. The molecule has 4 nitrogen and oxygen atoms in total. The molecule has 0 aliphatic heterocycles. The molecule has 0 radical (unpaired) electrons. The van der Waals surface area contributed by atoms with Gasteiger partial charge in [0.1, 0.15) is 5.71 Å². The zero-order valence-electron chi connectivity index (χ0n) is 17.0. The highest BCUT2D eigenvalue weighted by Crippen LogP contribution is 2.32. The Morgan fingerprint density at radius 1 is 0.966 bits per heavy atom. The molecule has 0 aromatic heterocycles. The van der Waals surface area contributed by atoms with E-state index in [-0.39, 0.29) is 17.4 Å². The van der Waals surface area contributed by atoms with E-state index in [2.05, 4.69) is 28.1 Å². The Hall–Kier alpha value is -2.27. The topological polar surface area (TPSA) is 61.2 Å². The number of carbonyl (C=O) groups excluding carboxylic acids is 2. The Balaban J connectivity index is 1.69.